The Kier molecular flexibility index (Phi) is 2.32. The van der Waals surface area contributed by atoms with Gasteiger partial charge in [0.2, 0.25) is 0 Å². The Morgan fingerprint density at radius 3 is 3.07 bits per heavy atom. The van der Waals surface area contributed by atoms with Crippen LogP contribution in [0.5, 0.6) is 5.75 Å². The minimum Gasteiger partial charge on any atom is -0.381 e. The minimum absolute atomic E-state index is 0.670. The number of pyridine rings is 1. The molecule has 0 unspecified atom stereocenters. The van der Waals surface area contributed by atoms with Crippen molar-refractivity contribution in [3.05, 3.63) is 49.3 Å². The lowest BCUT2D eigenvalue weighted by Gasteiger charge is -2.03. The standard InChI is InChI=1S/C11H10N2O/c1-2-13-14-10-7-9-5-3-4-6-11(9)12-8-10/h2-8,13H,1H2. The lowest BCUT2D eigenvalue weighted by atomic mass is 10.2. The first kappa shape index (κ1) is 8.56. The van der Waals surface area contributed by atoms with E-state index in [9.17, 15) is 0 Å². The lowest BCUT2D eigenvalue weighted by molar-refractivity contribution is 0.243. The minimum atomic E-state index is 0.670. The third-order valence-electron chi connectivity index (χ3n) is 1.83. The Morgan fingerprint density at radius 2 is 2.21 bits per heavy atom. The van der Waals surface area contributed by atoms with E-state index in [1.54, 1.807) is 6.20 Å². The van der Waals surface area contributed by atoms with Crippen LogP contribution in [-0.4, -0.2) is 4.98 Å². The molecule has 2 aromatic rings. The van der Waals surface area contributed by atoms with Crippen molar-refractivity contribution in [1.29, 1.82) is 0 Å². The highest BCUT2D eigenvalue weighted by molar-refractivity contribution is 5.79. The van der Waals surface area contributed by atoms with Crippen molar-refractivity contribution in [2.75, 3.05) is 0 Å². The van der Waals surface area contributed by atoms with E-state index < -0.39 is 0 Å². The highest BCUT2D eigenvalue weighted by Crippen LogP contribution is 2.16. The third kappa shape index (κ3) is 1.66. The molecule has 0 saturated carbocycles. The van der Waals surface area contributed by atoms with Gasteiger partial charge in [0.25, 0.3) is 0 Å². The molecule has 3 nitrogen and oxygen atoms in total. The summed E-state index contributed by atoms with van der Waals surface area (Å²) in [5, 5.41) is 1.05. The van der Waals surface area contributed by atoms with Gasteiger partial charge in [-0.15, -0.1) is 0 Å². The second-order valence-corrected chi connectivity index (χ2v) is 2.79. The van der Waals surface area contributed by atoms with Gasteiger partial charge in [-0.25, -0.2) is 5.48 Å². The Balaban J connectivity index is 2.36. The van der Waals surface area contributed by atoms with E-state index in [-0.39, 0.29) is 0 Å². The van der Waals surface area contributed by atoms with Crippen molar-refractivity contribution in [3.63, 3.8) is 0 Å². The third-order valence-corrected chi connectivity index (χ3v) is 1.83. The summed E-state index contributed by atoms with van der Waals surface area (Å²) < 4.78 is 0. The Bertz CT molecular complexity index is 454. The summed E-state index contributed by atoms with van der Waals surface area (Å²) in [4.78, 5) is 9.37. The van der Waals surface area contributed by atoms with Gasteiger partial charge < -0.3 is 4.84 Å². The average Bonchev–Trinajstić information content (AvgIpc) is 2.26. The fourth-order valence-corrected chi connectivity index (χ4v) is 1.22. The highest BCUT2D eigenvalue weighted by Gasteiger charge is 1.96. The summed E-state index contributed by atoms with van der Waals surface area (Å²) in [5.74, 6) is 0.670. The molecule has 0 bridgehead atoms. The van der Waals surface area contributed by atoms with Crippen LogP contribution in [0.25, 0.3) is 10.9 Å². The number of nitrogens with zero attached hydrogens (tertiary/aromatic N) is 1. The van der Waals surface area contributed by atoms with Gasteiger partial charge in [-0.3, -0.25) is 4.98 Å². The Hall–Kier alpha value is -2.03. The van der Waals surface area contributed by atoms with Crippen LogP contribution in [0.1, 0.15) is 0 Å². The van der Waals surface area contributed by atoms with Crippen LogP contribution in [0.3, 0.4) is 0 Å². The van der Waals surface area contributed by atoms with E-state index in [2.05, 4.69) is 17.0 Å². The predicted octanol–water partition coefficient (Wildman–Crippen LogP) is 2.26. The Labute approximate surface area is 82.0 Å². The Morgan fingerprint density at radius 1 is 1.36 bits per heavy atom. The van der Waals surface area contributed by atoms with Crippen molar-refractivity contribution >= 4 is 10.9 Å². The fraction of sp³-hybridized carbons (Fsp3) is 0. The monoisotopic (exact) mass is 186 g/mol. The van der Waals surface area contributed by atoms with E-state index >= 15 is 0 Å². The van der Waals surface area contributed by atoms with Crippen LogP contribution in [0.2, 0.25) is 0 Å². The summed E-state index contributed by atoms with van der Waals surface area (Å²) >= 11 is 0. The average molecular weight is 186 g/mol. The molecular weight excluding hydrogens is 176 g/mol. The summed E-state index contributed by atoms with van der Waals surface area (Å²) in [7, 11) is 0. The molecule has 0 amide bonds. The first-order valence-corrected chi connectivity index (χ1v) is 4.28. The summed E-state index contributed by atoms with van der Waals surface area (Å²) in [6.45, 7) is 3.48. The SMILES string of the molecule is C=CNOc1cnc2ccccc2c1. The topological polar surface area (TPSA) is 34.1 Å². The maximum atomic E-state index is 5.13. The zero-order valence-corrected chi connectivity index (χ0v) is 7.60. The van der Waals surface area contributed by atoms with Crippen LogP contribution in [0.15, 0.2) is 49.3 Å². The molecule has 0 aliphatic heterocycles. The van der Waals surface area contributed by atoms with E-state index in [1.807, 2.05) is 30.3 Å². The van der Waals surface area contributed by atoms with Crippen molar-refractivity contribution in [1.82, 2.24) is 10.5 Å². The quantitative estimate of drug-likeness (QED) is 0.746. The second kappa shape index (κ2) is 3.79. The van der Waals surface area contributed by atoms with E-state index in [0.29, 0.717) is 5.75 Å². The molecular formula is C11H10N2O. The molecule has 0 fully saturated rings. The van der Waals surface area contributed by atoms with E-state index in [0.717, 1.165) is 10.9 Å². The van der Waals surface area contributed by atoms with Gasteiger partial charge in [0.05, 0.1) is 11.7 Å². The van der Waals surface area contributed by atoms with Crippen LogP contribution in [-0.2, 0) is 0 Å². The van der Waals surface area contributed by atoms with Gasteiger partial charge in [-0.2, -0.15) is 0 Å². The molecule has 0 atom stereocenters. The molecule has 1 N–H and O–H groups in total. The number of para-hydroxylation sites is 1. The fourth-order valence-electron chi connectivity index (χ4n) is 1.22. The van der Waals surface area contributed by atoms with Crippen molar-refractivity contribution in [2.45, 2.75) is 0 Å². The van der Waals surface area contributed by atoms with Crippen molar-refractivity contribution < 1.29 is 4.84 Å². The second-order valence-electron chi connectivity index (χ2n) is 2.79. The summed E-state index contributed by atoms with van der Waals surface area (Å²) in [6.07, 6.45) is 3.13. The van der Waals surface area contributed by atoms with Crippen LogP contribution < -0.4 is 10.3 Å². The van der Waals surface area contributed by atoms with Crippen LogP contribution >= 0.6 is 0 Å². The molecule has 0 aliphatic carbocycles. The maximum Gasteiger partial charge on any atom is 0.173 e. The zero-order chi connectivity index (χ0) is 9.80. The van der Waals surface area contributed by atoms with E-state index in [1.165, 1.54) is 6.20 Å². The number of fused-ring (bicyclic) bond motifs is 1. The van der Waals surface area contributed by atoms with Crippen LogP contribution in [0.4, 0.5) is 0 Å². The smallest absolute Gasteiger partial charge is 0.173 e. The highest BCUT2D eigenvalue weighted by atomic mass is 16.6. The molecule has 0 radical (unpaired) electrons. The lowest BCUT2D eigenvalue weighted by Crippen LogP contribution is -2.09. The number of aromatic nitrogens is 1. The molecule has 0 saturated heterocycles. The predicted molar refractivity (Wildman–Crippen MR) is 55.7 cm³/mol. The first-order valence-electron chi connectivity index (χ1n) is 4.28. The molecule has 1 aromatic heterocycles. The van der Waals surface area contributed by atoms with Gasteiger partial charge in [0.1, 0.15) is 0 Å². The number of hydroxylamine groups is 1. The van der Waals surface area contributed by atoms with Crippen molar-refractivity contribution in [3.8, 4) is 5.75 Å². The first-order chi connectivity index (χ1) is 6.90. The molecule has 0 spiro atoms. The molecule has 1 heterocycles. The van der Waals surface area contributed by atoms with Gasteiger partial charge in [0.15, 0.2) is 5.75 Å². The summed E-state index contributed by atoms with van der Waals surface area (Å²) in [5.41, 5.74) is 3.51. The largest absolute Gasteiger partial charge is 0.381 e. The number of rotatable bonds is 3. The molecule has 0 aliphatic rings. The number of hydrogen-bond acceptors (Lipinski definition) is 3. The molecule has 2 rings (SSSR count). The normalized spacial score (nSPS) is 9.71. The van der Waals surface area contributed by atoms with Crippen LogP contribution in [0, 0.1) is 0 Å². The van der Waals surface area contributed by atoms with Gasteiger partial charge in [0, 0.05) is 11.6 Å². The number of benzene rings is 1. The van der Waals surface area contributed by atoms with Crippen molar-refractivity contribution in [2.24, 2.45) is 0 Å². The van der Waals surface area contributed by atoms with Gasteiger partial charge in [-0.05, 0) is 12.1 Å². The molecule has 1 aromatic carbocycles. The summed E-state index contributed by atoms with van der Waals surface area (Å²) in [6, 6.07) is 9.79. The van der Waals surface area contributed by atoms with E-state index in [4.69, 9.17) is 4.84 Å². The molecule has 3 heteroatoms. The van der Waals surface area contributed by atoms with Gasteiger partial charge >= 0.3 is 0 Å². The number of hydrogen-bond donors (Lipinski definition) is 1. The maximum absolute atomic E-state index is 5.13. The van der Waals surface area contributed by atoms with Gasteiger partial charge in [-0.1, -0.05) is 24.8 Å². The number of nitrogens with one attached hydrogen (secondary N) is 1. The molecule has 14 heavy (non-hydrogen) atoms. The zero-order valence-electron chi connectivity index (χ0n) is 7.60. The molecule has 70 valence electrons.